The first kappa shape index (κ1) is 14.3. The van der Waals surface area contributed by atoms with Crippen molar-refractivity contribution in [2.75, 3.05) is 0 Å². The van der Waals surface area contributed by atoms with Gasteiger partial charge in [-0.15, -0.1) is 0 Å². The smallest absolute Gasteiger partial charge is 0.168 e. The van der Waals surface area contributed by atoms with E-state index in [1.165, 1.54) is 6.20 Å². The third kappa shape index (κ3) is 2.60. The molecule has 4 heteroatoms. The van der Waals surface area contributed by atoms with Gasteiger partial charge in [-0.2, -0.15) is 0 Å². The van der Waals surface area contributed by atoms with Crippen molar-refractivity contribution in [2.45, 2.75) is 13.8 Å². The molecule has 0 unspecified atom stereocenters. The van der Waals surface area contributed by atoms with Crippen LogP contribution in [0, 0.1) is 25.5 Å². The van der Waals surface area contributed by atoms with E-state index in [1.807, 2.05) is 19.9 Å². The van der Waals surface area contributed by atoms with Crippen LogP contribution in [0.2, 0.25) is 0 Å². The third-order valence-electron chi connectivity index (χ3n) is 3.49. The number of hydrogen-bond donors (Lipinski definition) is 0. The van der Waals surface area contributed by atoms with Crippen LogP contribution < -0.4 is 0 Å². The van der Waals surface area contributed by atoms with Crippen LogP contribution >= 0.6 is 0 Å². The summed E-state index contributed by atoms with van der Waals surface area (Å²) in [5, 5.41) is 0. The Morgan fingerprint density at radius 2 is 1.45 bits per heavy atom. The third-order valence-corrected chi connectivity index (χ3v) is 3.49. The van der Waals surface area contributed by atoms with Crippen LogP contribution in [0.1, 0.15) is 11.3 Å². The van der Waals surface area contributed by atoms with Crippen LogP contribution in [-0.2, 0) is 0 Å². The van der Waals surface area contributed by atoms with Crippen molar-refractivity contribution in [1.29, 1.82) is 0 Å². The quantitative estimate of drug-likeness (QED) is 0.684. The zero-order chi connectivity index (χ0) is 15.7. The molecular weight excluding hydrogens is 282 g/mol. The van der Waals surface area contributed by atoms with E-state index in [4.69, 9.17) is 0 Å². The van der Waals surface area contributed by atoms with Crippen LogP contribution in [0.4, 0.5) is 8.78 Å². The lowest BCUT2D eigenvalue weighted by molar-refractivity contribution is 0.513. The largest absolute Gasteiger partial charge is 0.261 e. The Morgan fingerprint density at radius 1 is 0.727 bits per heavy atom. The van der Waals surface area contributed by atoms with E-state index >= 15 is 0 Å². The maximum absolute atomic E-state index is 14.4. The van der Waals surface area contributed by atoms with E-state index in [0.29, 0.717) is 11.3 Å². The molecule has 0 fully saturated rings. The molecule has 0 aliphatic heterocycles. The minimum Gasteiger partial charge on any atom is -0.261 e. The van der Waals surface area contributed by atoms with Crippen LogP contribution in [0.25, 0.3) is 22.4 Å². The number of pyridine rings is 2. The van der Waals surface area contributed by atoms with Gasteiger partial charge in [0.1, 0.15) is 0 Å². The van der Waals surface area contributed by atoms with E-state index < -0.39 is 11.6 Å². The van der Waals surface area contributed by atoms with Crippen molar-refractivity contribution in [3.63, 3.8) is 0 Å². The van der Waals surface area contributed by atoms with Crippen molar-refractivity contribution >= 4 is 0 Å². The first-order valence-corrected chi connectivity index (χ1v) is 6.90. The summed E-state index contributed by atoms with van der Waals surface area (Å²) in [4.78, 5) is 8.26. The first-order chi connectivity index (χ1) is 10.6. The maximum Gasteiger partial charge on any atom is 0.168 e. The normalized spacial score (nSPS) is 10.7. The summed E-state index contributed by atoms with van der Waals surface area (Å²) < 4.78 is 28.8. The van der Waals surface area contributed by atoms with Crippen LogP contribution in [0.5, 0.6) is 0 Å². The molecule has 0 radical (unpaired) electrons. The predicted octanol–water partition coefficient (Wildman–Crippen LogP) is 4.71. The fourth-order valence-corrected chi connectivity index (χ4v) is 2.22. The summed E-state index contributed by atoms with van der Waals surface area (Å²) in [7, 11) is 0. The Hall–Kier alpha value is -2.62. The Kier molecular flexibility index (Phi) is 3.67. The van der Waals surface area contributed by atoms with Gasteiger partial charge in [0, 0.05) is 34.8 Å². The average Bonchev–Trinajstić information content (AvgIpc) is 2.52. The van der Waals surface area contributed by atoms with E-state index in [0.717, 1.165) is 11.3 Å². The average molecular weight is 296 g/mol. The highest BCUT2D eigenvalue weighted by molar-refractivity contribution is 5.69. The molecule has 2 nitrogen and oxygen atoms in total. The number of aromatic nitrogens is 2. The lowest BCUT2D eigenvalue weighted by atomic mass is 10.0. The molecule has 0 aliphatic rings. The summed E-state index contributed by atoms with van der Waals surface area (Å²) in [6, 6.07) is 10.1. The molecule has 0 spiro atoms. The van der Waals surface area contributed by atoms with Crippen LogP contribution in [0.3, 0.4) is 0 Å². The van der Waals surface area contributed by atoms with Crippen LogP contribution in [0.15, 0.2) is 48.8 Å². The molecule has 0 saturated heterocycles. The molecule has 0 N–H and O–H groups in total. The number of aryl methyl sites for hydroxylation is 2. The zero-order valence-corrected chi connectivity index (χ0v) is 12.3. The lowest BCUT2D eigenvalue weighted by Crippen LogP contribution is -1.96. The highest BCUT2D eigenvalue weighted by Crippen LogP contribution is 2.30. The van der Waals surface area contributed by atoms with Gasteiger partial charge in [-0.3, -0.25) is 9.97 Å². The molecule has 3 rings (SSSR count). The summed E-state index contributed by atoms with van der Waals surface area (Å²) in [6.07, 6.45) is 3.17. The fraction of sp³-hybridized carbons (Fsp3) is 0.111. The number of nitrogens with zero attached hydrogens (tertiary/aromatic N) is 2. The molecule has 2 heterocycles. The number of hydrogen-bond acceptors (Lipinski definition) is 2. The molecule has 1 aromatic carbocycles. The van der Waals surface area contributed by atoms with Gasteiger partial charge in [-0.25, -0.2) is 8.78 Å². The Bertz CT molecular complexity index is 739. The van der Waals surface area contributed by atoms with E-state index in [1.54, 1.807) is 36.5 Å². The Morgan fingerprint density at radius 3 is 2.09 bits per heavy atom. The van der Waals surface area contributed by atoms with Gasteiger partial charge >= 0.3 is 0 Å². The summed E-state index contributed by atoms with van der Waals surface area (Å²) in [5.74, 6) is -1.78. The maximum atomic E-state index is 14.4. The van der Waals surface area contributed by atoms with Gasteiger partial charge in [-0.05, 0) is 37.6 Å². The summed E-state index contributed by atoms with van der Waals surface area (Å²) in [5.41, 5.74) is 3.10. The molecule has 0 saturated carbocycles. The van der Waals surface area contributed by atoms with Gasteiger partial charge in [0.2, 0.25) is 0 Å². The van der Waals surface area contributed by atoms with Gasteiger partial charge in [-0.1, -0.05) is 18.2 Å². The van der Waals surface area contributed by atoms with Crippen molar-refractivity contribution < 1.29 is 8.78 Å². The second kappa shape index (κ2) is 5.64. The molecule has 0 amide bonds. The highest BCUT2D eigenvalue weighted by atomic mass is 19.2. The van der Waals surface area contributed by atoms with Crippen molar-refractivity contribution in [3.8, 4) is 22.4 Å². The first-order valence-electron chi connectivity index (χ1n) is 6.90. The highest BCUT2D eigenvalue weighted by Gasteiger charge is 2.16. The number of rotatable bonds is 2. The molecule has 3 aromatic rings. The minimum atomic E-state index is -0.894. The molecule has 2 aromatic heterocycles. The molecule has 0 atom stereocenters. The van der Waals surface area contributed by atoms with Gasteiger partial charge in [0.05, 0.1) is 5.69 Å². The van der Waals surface area contributed by atoms with Gasteiger partial charge < -0.3 is 0 Å². The van der Waals surface area contributed by atoms with Gasteiger partial charge in [0.25, 0.3) is 0 Å². The topological polar surface area (TPSA) is 25.8 Å². The van der Waals surface area contributed by atoms with Crippen molar-refractivity contribution in [2.24, 2.45) is 0 Å². The molecular formula is C18H14F2N2. The molecule has 0 bridgehead atoms. The molecule has 110 valence electrons. The lowest BCUT2D eigenvalue weighted by Gasteiger charge is -2.09. The predicted molar refractivity (Wildman–Crippen MR) is 82.3 cm³/mol. The van der Waals surface area contributed by atoms with Crippen molar-refractivity contribution in [1.82, 2.24) is 9.97 Å². The second-order valence-corrected chi connectivity index (χ2v) is 5.20. The molecule has 22 heavy (non-hydrogen) atoms. The SMILES string of the molecule is Cc1ccc(-c2ccc(-c3ccc(C)nc3)c(F)c2F)nc1. The number of halogens is 2. The van der Waals surface area contributed by atoms with E-state index in [2.05, 4.69) is 9.97 Å². The van der Waals surface area contributed by atoms with E-state index in [9.17, 15) is 8.78 Å². The van der Waals surface area contributed by atoms with Crippen LogP contribution in [-0.4, -0.2) is 9.97 Å². The standard InChI is InChI=1S/C18H14F2N2/c1-11-3-8-16(22-9-11)15-7-6-14(17(19)18(15)20)13-5-4-12(2)21-10-13/h3-10H,1-2H3. The number of benzene rings is 1. The fourth-order valence-electron chi connectivity index (χ4n) is 2.22. The Labute approximate surface area is 127 Å². The minimum absolute atomic E-state index is 0.154. The monoisotopic (exact) mass is 296 g/mol. The van der Waals surface area contributed by atoms with Gasteiger partial charge in [0.15, 0.2) is 11.6 Å². The second-order valence-electron chi connectivity index (χ2n) is 5.20. The Balaban J connectivity index is 2.08. The summed E-state index contributed by atoms with van der Waals surface area (Å²) >= 11 is 0. The zero-order valence-electron chi connectivity index (χ0n) is 12.3. The molecule has 0 aliphatic carbocycles. The summed E-state index contributed by atoms with van der Waals surface area (Å²) in [6.45, 7) is 3.73. The van der Waals surface area contributed by atoms with E-state index in [-0.39, 0.29) is 11.1 Å². The van der Waals surface area contributed by atoms with Crippen molar-refractivity contribution in [3.05, 3.63) is 71.7 Å².